The van der Waals surface area contributed by atoms with Crippen LogP contribution in [0.1, 0.15) is 20.8 Å². The van der Waals surface area contributed by atoms with Gasteiger partial charge in [0.15, 0.2) is 0 Å². The van der Waals surface area contributed by atoms with Crippen molar-refractivity contribution in [2.24, 2.45) is 11.8 Å². The zero-order valence-corrected chi connectivity index (χ0v) is 10.7. The van der Waals surface area contributed by atoms with E-state index in [0.717, 1.165) is 0 Å². The van der Waals surface area contributed by atoms with E-state index < -0.39 is 11.8 Å². The van der Waals surface area contributed by atoms with Crippen molar-refractivity contribution >= 4 is 27.7 Å². The molecule has 0 aromatic heterocycles. The third kappa shape index (κ3) is 5.58. The fourth-order valence-electron chi connectivity index (χ4n) is 1.20. The summed E-state index contributed by atoms with van der Waals surface area (Å²) in [6, 6.07) is 0. The maximum absolute atomic E-state index is 11.0. The number of hydrogen-bond acceptors (Lipinski definition) is 3. The van der Waals surface area contributed by atoms with E-state index in [1.807, 2.05) is 0 Å². The number of carbonyl (C=O) groups excluding carboxylic acids is 3. The Morgan fingerprint density at radius 3 is 1.64 bits per heavy atom. The third-order valence-electron chi connectivity index (χ3n) is 1.80. The van der Waals surface area contributed by atoms with Crippen LogP contribution in [-0.2, 0) is 33.8 Å². The van der Waals surface area contributed by atoms with Crippen LogP contribution in [0.3, 0.4) is 0 Å². The monoisotopic (exact) mass is 252 g/mol. The number of hydrogen-bond donors (Lipinski definition) is 0. The van der Waals surface area contributed by atoms with Crippen molar-refractivity contribution in [2.75, 3.05) is 0 Å². The number of rotatable bonds is 5. The van der Waals surface area contributed by atoms with E-state index in [1.54, 1.807) is 13.8 Å². The normalized spacial score (nSPS) is 12.8. The first kappa shape index (κ1) is 16.3. The van der Waals surface area contributed by atoms with Crippen molar-refractivity contribution < 1.29 is 33.8 Å². The molecule has 2 unspecified atom stereocenters. The van der Waals surface area contributed by atoms with Gasteiger partial charge in [0, 0.05) is 0 Å². The van der Waals surface area contributed by atoms with E-state index in [2.05, 4.69) is 9.30 Å². The van der Waals surface area contributed by atoms with Gasteiger partial charge in [-0.1, -0.05) is 25.7 Å². The molecule has 0 radical (unpaired) electrons. The first-order chi connectivity index (χ1) is 6.54. The third-order valence-corrected chi connectivity index (χ3v) is 1.80. The second-order valence-corrected chi connectivity index (χ2v) is 2.86. The summed E-state index contributed by atoms with van der Waals surface area (Å²) in [7, 11) is 4.64. The van der Waals surface area contributed by atoms with E-state index >= 15 is 0 Å². The summed E-state index contributed by atoms with van der Waals surface area (Å²) in [5.41, 5.74) is 0. The predicted octanol–water partition coefficient (Wildman–Crippen LogP) is 1.51. The molecule has 0 aliphatic rings. The summed E-state index contributed by atoms with van der Waals surface area (Å²) < 4.78 is 0. The summed E-state index contributed by atoms with van der Waals surface area (Å²) in [4.78, 5) is 31.8. The molecule has 14 heavy (non-hydrogen) atoms. The van der Waals surface area contributed by atoms with Crippen LogP contribution in [0, 0.1) is 17.8 Å². The Morgan fingerprint density at radius 2 is 1.50 bits per heavy atom. The van der Waals surface area contributed by atoms with Gasteiger partial charge in [-0.15, -0.1) is 0 Å². The molecule has 0 heterocycles. The molecule has 0 fully saturated rings. The molecule has 0 saturated heterocycles. The van der Waals surface area contributed by atoms with Crippen LogP contribution in [0.5, 0.6) is 0 Å². The van der Waals surface area contributed by atoms with Gasteiger partial charge in [-0.25, -0.2) is 0 Å². The minimum absolute atomic E-state index is 0.186. The molecule has 3 nitrogen and oxygen atoms in total. The molecule has 0 aromatic rings. The van der Waals surface area contributed by atoms with Gasteiger partial charge in [-0.3, -0.25) is 5.92 Å². The summed E-state index contributed by atoms with van der Waals surface area (Å²) in [6.45, 7) is 4.60. The molecule has 0 amide bonds. The average molecular weight is 253 g/mol. The molecule has 0 saturated carbocycles. The Bertz CT molecular complexity index is 182. The summed E-state index contributed by atoms with van der Waals surface area (Å²) >= 11 is 1.47. The average Bonchev–Trinajstić information content (AvgIpc) is 2.20. The fraction of sp³-hybridized carbons (Fsp3) is 0.556. The van der Waals surface area contributed by atoms with Crippen LogP contribution in [0.2, 0.25) is 0 Å². The molecule has 0 rings (SSSR count). The van der Waals surface area contributed by atoms with Gasteiger partial charge in [0.25, 0.3) is 0 Å². The van der Waals surface area contributed by atoms with Gasteiger partial charge in [0.2, 0.25) is 0 Å². The van der Waals surface area contributed by atoms with E-state index in [4.69, 9.17) is 0 Å². The van der Waals surface area contributed by atoms with Crippen molar-refractivity contribution in [3.05, 3.63) is 5.92 Å². The van der Waals surface area contributed by atoms with E-state index in [9.17, 15) is 14.4 Å². The number of halogens is 1. The van der Waals surface area contributed by atoms with Gasteiger partial charge in [-0.05, 0) is 12.7 Å². The van der Waals surface area contributed by atoms with Crippen molar-refractivity contribution in [1.82, 2.24) is 0 Å². The molecule has 0 aromatic carbocycles. The molecule has 2 atom stereocenters. The van der Waals surface area contributed by atoms with Crippen molar-refractivity contribution in [3.63, 3.8) is 0 Å². The van der Waals surface area contributed by atoms with Crippen LogP contribution < -0.4 is 0 Å². The number of Topliss-reactive ketones (excluding diaryl/α,β-unsaturated/α-hetero) is 1. The van der Waals surface area contributed by atoms with Gasteiger partial charge in [0.05, 0.1) is 12.6 Å². The van der Waals surface area contributed by atoms with Crippen molar-refractivity contribution in [3.8, 4) is 0 Å². The van der Waals surface area contributed by atoms with Crippen LogP contribution in [-0.4, -0.2) is 18.4 Å². The zero-order valence-electron chi connectivity index (χ0n) is 8.41. The van der Waals surface area contributed by atoms with Crippen LogP contribution in [0.25, 0.3) is 0 Å². The Morgan fingerprint density at radius 1 is 1.21 bits per heavy atom. The predicted molar refractivity (Wildman–Crippen MR) is 50.2 cm³/mol. The standard InChI is InChI=1S/C9H13O3.ClH.Ti/c1-6(4-10)9(8(3)12)7(2)5-11;;/h4-7H,1-3H3;1H;/q-1;;+2/p-1. The second-order valence-electron chi connectivity index (χ2n) is 2.86. The molecular weight excluding hydrogens is 239 g/mol. The molecule has 0 N–H and O–H groups in total. The summed E-state index contributed by atoms with van der Waals surface area (Å²) in [5, 5.41) is 0. The van der Waals surface area contributed by atoms with Crippen LogP contribution >= 0.6 is 9.30 Å². The molecule has 0 aliphatic carbocycles. The molecular formula is C9H13ClO3Ti. The molecule has 5 heteroatoms. The second kappa shape index (κ2) is 9.44. The Hall–Kier alpha value is -0.116. The van der Waals surface area contributed by atoms with Crippen LogP contribution in [0.15, 0.2) is 0 Å². The topological polar surface area (TPSA) is 51.2 Å². The fourth-order valence-corrected chi connectivity index (χ4v) is 1.20. The zero-order chi connectivity index (χ0) is 11.7. The number of carbonyl (C=O) groups is 3. The van der Waals surface area contributed by atoms with Gasteiger partial charge in [0.1, 0.15) is 0 Å². The first-order valence-corrected chi connectivity index (χ1v) is 6.16. The molecule has 78 valence electrons. The number of ketones is 1. The van der Waals surface area contributed by atoms with Crippen molar-refractivity contribution in [2.45, 2.75) is 20.8 Å². The summed E-state index contributed by atoms with van der Waals surface area (Å²) in [6.07, 6.45) is 1.35. The minimum atomic E-state index is -0.456. The Kier molecular flexibility index (Phi) is 11.0. The Labute approximate surface area is 99.9 Å². The SMILES string of the molecule is CC(=O)[C-](C(C)C=O)C(C)C=O.[Cl][Ti+]. The van der Waals surface area contributed by atoms with E-state index in [1.165, 1.54) is 26.3 Å². The van der Waals surface area contributed by atoms with Crippen molar-refractivity contribution in [1.29, 1.82) is 0 Å². The number of aldehydes is 2. The maximum atomic E-state index is 11.0. The molecule has 0 spiro atoms. The Balaban J connectivity index is 0. The van der Waals surface area contributed by atoms with Gasteiger partial charge >= 0.3 is 28.7 Å². The van der Waals surface area contributed by atoms with E-state index in [-0.39, 0.29) is 5.78 Å². The quantitative estimate of drug-likeness (QED) is 0.423. The molecule has 0 bridgehead atoms. The van der Waals surface area contributed by atoms with Gasteiger partial charge < -0.3 is 14.4 Å². The van der Waals surface area contributed by atoms with Gasteiger partial charge in [-0.2, -0.15) is 0 Å². The van der Waals surface area contributed by atoms with Crippen LogP contribution in [0.4, 0.5) is 0 Å². The first-order valence-electron chi connectivity index (χ1n) is 4.01. The molecule has 0 aliphatic heterocycles. The summed E-state index contributed by atoms with van der Waals surface area (Å²) in [5.74, 6) is -0.709. The van der Waals surface area contributed by atoms with E-state index in [0.29, 0.717) is 18.5 Å².